The normalized spacial score (nSPS) is 14.8. The minimum absolute atomic E-state index is 0.121. The van der Waals surface area contributed by atoms with Gasteiger partial charge >= 0.3 is 0 Å². The van der Waals surface area contributed by atoms with Crippen LogP contribution in [0.5, 0.6) is 0 Å². The quantitative estimate of drug-likeness (QED) is 0.675. The summed E-state index contributed by atoms with van der Waals surface area (Å²) in [6, 6.07) is 11.7. The first-order chi connectivity index (χ1) is 14.7. The second-order valence-electron chi connectivity index (χ2n) is 7.65. The fraction of sp³-hybridized carbons (Fsp3) is 0.364. The van der Waals surface area contributed by atoms with Crippen molar-refractivity contribution in [2.24, 2.45) is 0 Å². The van der Waals surface area contributed by atoms with Gasteiger partial charge in [-0.15, -0.1) is 0 Å². The number of benzene rings is 2. The summed E-state index contributed by atoms with van der Waals surface area (Å²) < 4.78 is 27.5. The van der Waals surface area contributed by atoms with Gasteiger partial charge in [0.25, 0.3) is 11.1 Å². The van der Waals surface area contributed by atoms with Gasteiger partial charge in [0, 0.05) is 37.6 Å². The number of piperidine rings is 1. The molecule has 0 aliphatic carbocycles. The number of nitrogens with one attached hydrogen (secondary N) is 1. The van der Waals surface area contributed by atoms with Gasteiger partial charge in [0.2, 0.25) is 10.0 Å². The van der Waals surface area contributed by atoms with Crippen LogP contribution in [0, 0.1) is 6.92 Å². The van der Waals surface area contributed by atoms with E-state index < -0.39 is 15.9 Å². The average Bonchev–Trinajstić information content (AvgIpc) is 2.75. The molecule has 7 nitrogen and oxygen atoms in total. The minimum atomic E-state index is -3.64. The Kier molecular flexibility index (Phi) is 7.40. The van der Waals surface area contributed by atoms with Crippen LogP contribution in [0.25, 0.3) is 0 Å². The van der Waals surface area contributed by atoms with E-state index in [-0.39, 0.29) is 15.7 Å². The summed E-state index contributed by atoms with van der Waals surface area (Å²) in [7, 11) is -0.320. The van der Waals surface area contributed by atoms with Crippen molar-refractivity contribution in [3.63, 3.8) is 0 Å². The molecule has 0 unspecified atom stereocenters. The summed E-state index contributed by atoms with van der Waals surface area (Å²) in [6.45, 7) is 2.77. The number of anilines is 1. The molecule has 0 saturated carbocycles. The Balaban J connectivity index is 1.86. The molecule has 0 bridgehead atoms. The van der Waals surface area contributed by atoms with Gasteiger partial charge in [-0.2, -0.15) is 4.31 Å². The summed E-state index contributed by atoms with van der Waals surface area (Å²) in [6.07, 6.45) is 2.72. The maximum atomic E-state index is 13.0. The van der Waals surface area contributed by atoms with Crippen molar-refractivity contribution in [1.29, 1.82) is 0 Å². The molecule has 0 atom stereocenters. The Morgan fingerprint density at radius 1 is 1.03 bits per heavy atom. The zero-order chi connectivity index (χ0) is 22.6. The molecule has 1 aliphatic rings. The first kappa shape index (κ1) is 23.3. The van der Waals surface area contributed by atoms with E-state index in [9.17, 15) is 18.0 Å². The van der Waals surface area contributed by atoms with Crippen LogP contribution < -0.4 is 5.32 Å². The summed E-state index contributed by atoms with van der Waals surface area (Å²) in [5.74, 6) is -0.418. The molecule has 166 valence electrons. The smallest absolute Gasteiger partial charge is 0.286 e. The third-order valence-corrected chi connectivity index (χ3v) is 8.11. The molecule has 1 heterocycles. The minimum Gasteiger partial charge on any atom is -0.339 e. The third-order valence-electron chi connectivity index (χ3n) is 5.10. The van der Waals surface area contributed by atoms with E-state index in [4.69, 9.17) is 0 Å². The maximum Gasteiger partial charge on any atom is 0.286 e. The molecule has 3 rings (SSSR count). The SMILES string of the molecule is Cc1ccc(S(=O)(=O)N2CCCCC2)cc1C(=O)Nc1ccccc1SC(=O)N(C)C. The number of rotatable bonds is 5. The first-order valence-electron chi connectivity index (χ1n) is 10.1. The Hall–Kier alpha value is -2.36. The number of hydrogen-bond acceptors (Lipinski definition) is 5. The van der Waals surface area contributed by atoms with Crippen molar-refractivity contribution < 1.29 is 18.0 Å². The van der Waals surface area contributed by atoms with Gasteiger partial charge in [-0.1, -0.05) is 24.6 Å². The number of carbonyl (C=O) groups excluding carboxylic acids is 2. The zero-order valence-electron chi connectivity index (χ0n) is 17.9. The highest BCUT2D eigenvalue weighted by Gasteiger charge is 2.27. The van der Waals surface area contributed by atoms with E-state index >= 15 is 0 Å². The van der Waals surface area contributed by atoms with Crippen molar-refractivity contribution in [3.05, 3.63) is 53.6 Å². The number of carbonyl (C=O) groups is 2. The van der Waals surface area contributed by atoms with Gasteiger partial charge in [0.1, 0.15) is 0 Å². The molecule has 2 aromatic rings. The van der Waals surface area contributed by atoms with E-state index in [0.717, 1.165) is 31.0 Å². The van der Waals surface area contributed by atoms with Crippen LogP contribution in [0.15, 0.2) is 52.3 Å². The molecule has 31 heavy (non-hydrogen) atoms. The number of thioether (sulfide) groups is 1. The highest BCUT2D eigenvalue weighted by molar-refractivity contribution is 8.13. The van der Waals surface area contributed by atoms with Crippen molar-refractivity contribution in [2.75, 3.05) is 32.5 Å². The van der Waals surface area contributed by atoms with Crippen LogP contribution in [-0.2, 0) is 10.0 Å². The zero-order valence-corrected chi connectivity index (χ0v) is 19.6. The number of amides is 2. The van der Waals surface area contributed by atoms with Crippen LogP contribution in [0.3, 0.4) is 0 Å². The molecule has 0 aromatic heterocycles. The molecule has 0 spiro atoms. The number of aryl methyl sites for hydroxylation is 1. The Morgan fingerprint density at radius 3 is 2.39 bits per heavy atom. The van der Waals surface area contributed by atoms with Crippen LogP contribution in [-0.4, -0.2) is 56.0 Å². The van der Waals surface area contributed by atoms with E-state index in [1.807, 2.05) is 0 Å². The van der Waals surface area contributed by atoms with Gasteiger partial charge in [-0.3, -0.25) is 9.59 Å². The molecule has 2 amide bonds. The first-order valence-corrected chi connectivity index (χ1v) is 12.4. The summed E-state index contributed by atoms with van der Waals surface area (Å²) >= 11 is 1.02. The highest BCUT2D eigenvalue weighted by atomic mass is 32.2. The lowest BCUT2D eigenvalue weighted by atomic mass is 10.1. The Labute approximate surface area is 187 Å². The fourth-order valence-electron chi connectivity index (χ4n) is 3.29. The van der Waals surface area contributed by atoms with E-state index in [1.165, 1.54) is 15.3 Å². The summed E-state index contributed by atoms with van der Waals surface area (Å²) in [4.78, 5) is 27.3. The molecule has 0 radical (unpaired) electrons. The van der Waals surface area contributed by atoms with Crippen LogP contribution >= 0.6 is 11.8 Å². The van der Waals surface area contributed by atoms with E-state index in [0.29, 0.717) is 29.2 Å². The largest absolute Gasteiger partial charge is 0.339 e. The molecule has 1 aliphatic heterocycles. The molecular weight excluding hydrogens is 434 g/mol. The number of sulfonamides is 1. The molecule has 9 heteroatoms. The van der Waals surface area contributed by atoms with Gasteiger partial charge in [0.05, 0.1) is 10.6 Å². The van der Waals surface area contributed by atoms with Crippen LogP contribution in [0.2, 0.25) is 0 Å². The lowest BCUT2D eigenvalue weighted by molar-refractivity contribution is 0.102. The maximum absolute atomic E-state index is 13.0. The average molecular weight is 462 g/mol. The predicted octanol–water partition coefficient (Wildman–Crippen LogP) is 4.20. The van der Waals surface area contributed by atoms with Crippen LogP contribution in [0.4, 0.5) is 10.5 Å². The lowest BCUT2D eigenvalue weighted by Gasteiger charge is -2.26. The van der Waals surface area contributed by atoms with Crippen molar-refractivity contribution >= 4 is 38.6 Å². The topological polar surface area (TPSA) is 86.8 Å². The standard InChI is InChI=1S/C22H27N3O4S2/c1-16-11-12-17(31(28,29)25-13-7-4-8-14-25)15-18(16)21(26)23-19-9-5-6-10-20(19)30-22(27)24(2)3/h5-6,9-12,15H,4,7-8,13-14H2,1-3H3,(H,23,26). The monoisotopic (exact) mass is 461 g/mol. The number of hydrogen-bond donors (Lipinski definition) is 1. The molecular formula is C22H27N3O4S2. The molecule has 1 fully saturated rings. The van der Waals surface area contributed by atoms with E-state index in [1.54, 1.807) is 57.4 Å². The summed E-state index contributed by atoms with van der Waals surface area (Å²) in [5, 5.41) is 2.67. The third kappa shape index (κ3) is 5.47. The number of nitrogens with zero attached hydrogens (tertiary/aromatic N) is 2. The second-order valence-corrected chi connectivity index (χ2v) is 10.6. The Bertz CT molecular complexity index is 1080. The molecule has 1 N–H and O–H groups in total. The Morgan fingerprint density at radius 2 is 1.71 bits per heavy atom. The highest BCUT2D eigenvalue weighted by Crippen LogP contribution is 2.30. The number of para-hydroxylation sites is 1. The molecule has 1 saturated heterocycles. The van der Waals surface area contributed by atoms with Gasteiger partial charge in [-0.25, -0.2) is 8.42 Å². The van der Waals surface area contributed by atoms with Gasteiger partial charge in [-0.05, 0) is 61.4 Å². The lowest BCUT2D eigenvalue weighted by Crippen LogP contribution is -2.35. The van der Waals surface area contributed by atoms with Gasteiger partial charge < -0.3 is 10.2 Å². The van der Waals surface area contributed by atoms with E-state index in [2.05, 4.69) is 5.32 Å². The van der Waals surface area contributed by atoms with Crippen molar-refractivity contribution in [1.82, 2.24) is 9.21 Å². The second kappa shape index (κ2) is 9.84. The van der Waals surface area contributed by atoms with Gasteiger partial charge in [0.15, 0.2) is 0 Å². The fourth-order valence-corrected chi connectivity index (χ4v) is 5.58. The van der Waals surface area contributed by atoms with Crippen LogP contribution in [0.1, 0.15) is 35.2 Å². The summed E-state index contributed by atoms with van der Waals surface area (Å²) in [5.41, 5.74) is 1.46. The van der Waals surface area contributed by atoms with Crippen molar-refractivity contribution in [3.8, 4) is 0 Å². The van der Waals surface area contributed by atoms with Crippen molar-refractivity contribution in [2.45, 2.75) is 36.0 Å². The molecule has 2 aromatic carbocycles. The predicted molar refractivity (Wildman–Crippen MR) is 123 cm³/mol.